The van der Waals surface area contributed by atoms with Crippen LogP contribution in [0.25, 0.3) is 22.2 Å². The largest absolute Gasteiger partial charge is 0.475 e. The number of hydrogen-bond donors (Lipinski definition) is 1. The summed E-state index contributed by atoms with van der Waals surface area (Å²) in [5.74, 6) is 6.63. The van der Waals surface area contributed by atoms with Gasteiger partial charge in [-0.05, 0) is 128 Å². The molecule has 17 heterocycles. The number of amides is 1. The van der Waals surface area contributed by atoms with E-state index in [2.05, 4.69) is 122 Å². The van der Waals surface area contributed by atoms with Crippen molar-refractivity contribution >= 4 is 57.2 Å². The Labute approximate surface area is 663 Å². The normalized spacial score (nSPS) is 17.5. The summed E-state index contributed by atoms with van der Waals surface area (Å²) in [6.45, 7) is 28.6. The molecule has 9 aromatic heterocycles. The lowest BCUT2D eigenvalue weighted by Crippen LogP contribution is -2.53. The van der Waals surface area contributed by atoms with E-state index < -0.39 is 19.7 Å². The first-order valence-electron chi connectivity index (χ1n) is 39.7. The number of likely N-dealkylation sites (N-methyl/N-ethyl adjacent to an activating group) is 1. The van der Waals surface area contributed by atoms with Crippen LogP contribution in [0.2, 0.25) is 0 Å². The number of aromatic nitrogens is 10. The molecule has 17 rings (SSSR count). The fourth-order valence-corrected chi connectivity index (χ4v) is 14.8. The van der Waals surface area contributed by atoms with Crippen LogP contribution in [0.5, 0.6) is 23.5 Å². The molecule has 0 saturated carbocycles. The third kappa shape index (κ3) is 20.0. The summed E-state index contributed by atoms with van der Waals surface area (Å²) >= 11 is 0. The predicted molar refractivity (Wildman–Crippen MR) is 434 cm³/mol. The van der Waals surface area contributed by atoms with Crippen LogP contribution >= 0.6 is 0 Å². The van der Waals surface area contributed by atoms with E-state index in [9.17, 15) is 18.0 Å². The van der Waals surface area contributed by atoms with Gasteiger partial charge in [-0.3, -0.25) is 34.7 Å². The number of pyridine rings is 8. The number of carbonyl (C=O) groups is 1. The van der Waals surface area contributed by atoms with E-state index in [0.717, 1.165) is 217 Å². The molecule has 1 amide bonds. The standard InChI is InChI=1S/C25H32N6O2.C23H32N6O.C18H18F2N4O2.C18H19FN4O2/c1-17(2)33-23-14-20-19(15-27-23)16-28-24(20)18-6-7-26-22(13-18)30-9-11-31(12-10-30)25(32)21-5-4-8-29(21)3;1-16(2)6-8-28-9-11-29(12-10-28)21-13-18(5-7-24-21)23-19-14-22(30-17(3)4)25-15-20(19)26-27-23;19-15(20)11-26-17-8-14-13(9-22-17)10-23-18(14)12-1-2-21-16(7-12)24-3-5-25-6-4-24;19-4-8-25-16-2-1-14-12-21-17(18(14)22-16)13-3-5-20-15(11-13)23-6-9-24-10-7-23/h6-7,13-15,17,21H,4-5,8-12,16H2,1-3H3;5,7,13-17H,6,8-12H2,1-4H3,(H,26,27);1-2,7-9,15H,3-6,10-11H2;1-3,5,11H,4,6-10,12H2. The van der Waals surface area contributed by atoms with Crippen molar-refractivity contribution < 1.29 is 46.4 Å². The Hall–Kier alpha value is -10.8. The Balaban J connectivity index is 0.000000126. The lowest BCUT2D eigenvalue weighted by atomic mass is 10.0. The van der Waals surface area contributed by atoms with E-state index >= 15 is 0 Å². The van der Waals surface area contributed by atoms with E-state index in [-0.39, 0.29) is 36.6 Å². The lowest BCUT2D eigenvalue weighted by molar-refractivity contribution is -0.135. The van der Waals surface area contributed by atoms with E-state index in [0.29, 0.717) is 63.7 Å². The third-order valence-corrected chi connectivity index (χ3v) is 20.8. The first kappa shape index (κ1) is 79.8. The molecule has 114 heavy (non-hydrogen) atoms. The molecule has 5 fully saturated rings. The Morgan fingerprint density at radius 3 is 1.57 bits per heavy atom. The van der Waals surface area contributed by atoms with Crippen molar-refractivity contribution in [1.29, 1.82) is 0 Å². The quantitative estimate of drug-likeness (QED) is 0.0661. The molecule has 9 aromatic rings. The molecular weight excluding hydrogens is 1460 g/mol. The van der Waals surface area contributed by atoms with Crippen molar-refractivity contribution in [2.75, 3.05) is 165 Å². The number of aromatic amines is 1. The van der Waals surface area contributed by atoms with Gasteiger partial charge in [0.05, 0.1) is 98.9 Å². The number of hydrogen-bond acceptors (Lipinski definition) is 25. The van der Waals surface area contributed by atoms with Crippen molar-refractivity contribution in [2.45, 2.75) is 105 Å². The van der Waals surface area contributed by atoms with Crippen molar-refractivity contribution in [3.8, 4) is 34.8 Å². The lowest BCUT2D eigenvalue weighted by Gasteiger charge is -2.37. The van der Waals surface area contributed by atoms with Crippen LogP contribution in [0.4, 0.5) is 36.4 Å². The number of anilines is 4. The Morgan fingerprint density at radius 1 is 0.526 bits per heavy atom. The number of likely N-dealkylation sites (tertiary alicyclic amines) is 1. The second kappa shape index (κ2) is 37.9. The van der Waals surface area contributed by atoms with Gasteiger partial charge >= 0.3 is 0 Å². The zero-order valence-electron chi connectivity index (χ0n) is 66.0. The molecule has 1 unspecified atom stereocenters. The molecule has 1 N–H and O–H groups in total. The summed E-state index contributed by atoms with van der Waals surface area (Å²) in [5, 5.41) is 8.65. The number of aliphatic imine (C=N–C) groups is 3. The number of rotatable bonds is 22. The molecule has 0 aliphatic carbocycles. The maximum absolute atomic E-state index is 12.9. The SMILES string of the molecule is CC(C)CCN1CCN(c2cc(-c3n[nH]c4cnc(OC(C)C)cc34)ccn2)CC1.CC(C)Oc1cc2c(cn1)CN=C2c1ccnc(N2CCN(C(=O)C3CCCN3C)CC2)c1.FC(F)COc1cc2c(cn1)CN=C2c1ccnc(N2CCOCC2)c1.FCCOc1ccc2c(n1)C(c1ccnc(N3CCOCC3)c1)=NC2. The van der Waals surface area contributed by atoms with Gasteiger partial charge in [0.2, 0.25) is 29.4 Å². The molecule has 8 aliphatic heterocycles. The fourth-order valence-electron chi connectivity index (χ4n) is 14.8. The van der Waals surface area contributed by atoms with Gasteiger partial charge in [0, 0.05) is 195 Å². The monoisotopic (exact) mass is 1560 g/mol. The number of fused-ring (bicyclic) bond motifs is 4. The van der Waals surface area contributed by atoms with E-state index in [1.54, 1.807) is 36.9 Å². The number of ether oxygens (including phenoxy) is 6. The van der Waals surface area contributed by atoms with Gasteiger partial charge < -0.3 is 52.9 Å². The van der Waals surface area contributed by atoms with Gasteiger partial charge in [0.15, 0.2) is 6.61 Å². The minimum atomic E-state index is -2.53. The molecule has 0 aromatic carbocycles. The van der Waals surface area contributed by atoms with Crippen LogP contribution in [-0.2, 0) is 33.9 Å². The highest BCUT2D eigenvalue weighted by Gasteiger charge is 2.34. The number of alkyl halides is 3. The third-order valence-electron chi connectivity index (χ3n) is 20.8. The van der Waals surface area contributed by atoms with Crippen LogP contribution in [0.15, 0.2) is 137 Å². The smallest absolute Gasteiger partial charge is 0.272 e. The summed E-state index contributed by atoms with van der Waals surface area (Å²) in [7, 11) is 2.05. The molecule has 0 bridgehead atoms. The highest BCUT2D eigenvalue weighted by Crippen LogP contribution is 2.34. The molecule has 5 saturated heterocycles. The minimum Gasteiger partial charge on any atom is -0.475 e. The van der Waals surface area contributed by atoms with E-state index in [1.165, 1.54) is 13.0 Å². The number of halogens is 3. The van der Waals surface area contributed by atoms with Gasteiger partial charge in [0.25, 0.3) is 6.43 Å². The summed E-state index contributed by atoms with van der Waals surface area (Å²) in [5.41, 5.74) is 14.3. The van der Waals surface area contributed by atoms with E-state index in [4.69, 9.17) is 33.4 Å². The molecule has 0 radical (unpaired) electrons. The zero-order chi connectivity index (χ0) is 79.0. The van der Waals surface area contributed by atoms with Gasteiger partial charge in [-0.25, -0.2) is 53.0 Å². The van der Waals surface area contributed by atoms with Crippen LogP contribution in [0.1, 0.15) is 111 Å². The van der Waals surface area contributed by atoms with Gasteiger partial charge in [-0.2, -0.15) is 5.10 Å². The first-order valence-corrected chi connectivity index (χ1v) is 39.7. The molecule has 8 aliphatic rings. The van der Waals surface area contributed by atoms with Crippen LogP contribution in [-0.4, -0.2) is 257 Å². The maximum atomic E-state index is 12.9. The number of carbonyl (C=O) groups excluding carboxylic acids is 1. The van der Waals surface area contributed by atoms with Crippen molar-refractivity contribution in [3.63, 3.8) is 0 Å². The zero-order valence-corrected chi connectivity index (χ0v) is 66.0. The molecule has 1 atom stereocenters. The summed E-state index contributed by atoms with van der Waals surface area (Å²) in [6.07, 6.45) is 13.5. The molecule has 0 spiro atoms. The highest BCUT2D eigenvalue weighted by atomic mass is 19.3. The average molecular weight is 1560 g/mol. The first-order chi connectivity index (χ1) is 55.5. The molecular formula is C84H101F3N20O7. The molecule has 600 valence electrons. The molecule has 30 heteroatoms. The van der Waals surface area contributed by atoms with Crippen LogP contribution < -0.4 is 38.5 Å². The van der Waals surface area contributed by atoms with Crippen molar-refractivity contribution in [1.82, 2.24) is 64.8 Å². The van der Waals surface area contributed by atoms with Crippen LogP contribution in [0, 0.1) is 5.92 Å². The predicted octanol–water partition coefficient (Wildman–Crippen LogP) is 10.7. The van der Waals surface area contributed by atoms with Gasteiger partial charge in [0.1, 0.15) is 42.2 Å². The van der Waals surface area contributed by atoms with Crippen molar-refractivity contribution in [3.05, 3.63) is 172 Å². The molecule has 27 nitrogen and oxygen atoms in total. The summed E-state index contributed by atoms with van der Waals surface area (Å²) in [6, 6.07) is 25.5. The average Bonchev–Trinajstić information content (AvgIpc) is 1.65. The Kier molecular flexibility index (Phi) is 26.5. The summed E-state index contributed by atoms with van der Waals surface area (Å²) < 4.78 is 69.7. The maximum Gasteiger partial charge on any atom is 0.272 e. The number of nitrogens with one attached hydrogen (secondary N) is 1. The number of morpholine rings is 2. The van der Waals surface area contributed by atoms with Gasteiger partial charge in [-0.15, -0.1) is 0 Å². The highest BCUT2D eigenvalue weighted by molar-refractivity contribution is 6.16. The number of H-pyrrole nitrogens is 1. The minimum absolute atomic E-state index is 0.00863. The number of nitrogens with zero attached hydrogens (tertiary/aromatic N) is 19. The van der Waals surface area contributed by atoms with E-state index in [1.807, 2.05) is 106 Å². The number of piperazine rings is 2. The fraction of sp³-hybridized carbons (Fsp3) is 0.464. The Morgan fingerprint density at radius 2 is 1.03 bits per heavy atom. The van der Waals surface area contributed by atoms with Crippen molar-refractivity contribution in [2.24, 2.45) is 20.9 Å². The Bertz CT molecular complexity index is 4850. The second-order valence-electron chi connectivity index (χ2n) is 30.0. The summed E-state index contributed by atoms with van der Waals surface area (Å²) in [4.78, 5) is 78.3. The second-order valence-corrected chi connectivity index (χ2v) is 30.0. The van der Waals surface area contributed by atoms with Gasteiger partial charge in [-0.1, -0.05) is 13.8 Å². The van der Waals surface area contributed by atoms with Crippen LogP contribution in [0.3, 0.4) is 0 Å². The topological polar surface area (TPSA) is 264 Å².